The van der Waals surface area contributed by atoms with Crippen LogP contribution < -0.4 is 0 Å². The molecule has 0 amide bonds. The van der Waals surface area contributed by atoms with Crippen LogP contribution in [0, 0.1) is 0 Å². The van der Waals surface area contributed by atoms with E-state index in [-0.39, 0.29) is 6.29 Å². The third-order valence-corrected chi connectivity index (χ3v) is 2.98. The van der Waals surface area contributed by atoms with E-state index in [1.165, 1.54) is 0 Å². The summed E-state index contributed by atoms with van der Waals surface area (Å²) < 4.78 is 10.7. The molecule has 7 heteroatoms. The van der Waals surface area contributed by atoms with Crippen molar-refractivity contribution in [2.75, 3.05) is 32.8 Å². The second-order valence-corrected chi connectivity index (χ2v) is 4.95. The van der Waals surface area contributed by atoms with Crippen LogP contribution in [0.2, 0.25) is 0 Å². The maximum Gasteiger partial charge on any atom is 0.339 e. The zero-order valence-corrected chi connectivity index (χ0v) is 10.1. The molecule has 5 nitrogen and oxygen atoms in total. The molecule has 0 aliphatic heterocycles. The summed E-state index contributed by atoms with van der Waals surface area (Å²) in [6.07, 6.45) is 0.621. The number of hydrogen-bond donors (Lipinski definition) is 2. The molecule has 0 radical (unpaired) electrons. The monoisotopic (exact) mass is 228 g/mol. The lowest BCUT2D eigenvalue weighted by Gasteiger charge is -2.25. The summed E-state index contributed by atoms with van der Waals surface area (Å²) in [5.74, 6) is 0. The molecule has 0 saturated heterocycles. The minimum Gasteiger partial charge on any atom is -0.324 e. The molecule has 1 atom stereocenters. The summed E-state index contributed by atoms with van der Waals surface area (Å²) in [7, 11) is 0.547. The first kappa shape index (κ1) is 13.5. The fourth-order valence-corrected chi connectivity index (χ4v) is 1.83. The molecule has 0 heterocycles. The molecule has 2 N–H and O–H groups in total. The van der Waals surface area contributed by atoms with E-state index in [0.717, 1.165) is 6.29 Å². The molecule has 0 aliphatic rings. The molecule has 0 rings (SSSR count). The van der Waals surface area contributed by atoms with Gasteiger partial charge in [-0.15, -0.1) is 9.24 Å². The van der Waals surface area contributed by atoms with E-state index in [2.05, 4.69) is 9.24 Å². The van der Waals surface area contributed by atoms with E-state index in [4.69, 9.17) is 9.79 Å². The predicted molar refractivity (Wildman–Crippen MR) is 56.5 cm³/mol. The van der Waals surface area contributed by atoms with Crippen LogP contribution in [0.15, 0.2) is 0 Å². The van der Waals surface area contributed by atoms with E-state index >= 15 is 0 Å². The second kappa shape index (κ2) is 6.07. The van der Waals surface area contributed by atoms with E-state index in [1.807, 2.05) is 18.9 Å². The van der Waals surface area contributed by atoms with Crippen molar-refractivity contribution in [1.29, 1.82) is 0 Å². The molecule has 0 saturated carbocycles. The van der Waals surface area contributed by atoms with Crippen LogP contribution in [0.25, 0.3) is 0 Å². The predicted octanol–water partition coefficient (Wildman–Crippen LogP) is 0.165. The first-order valence-electron chi connectivity index (χ1n) is 4.04. The van der Waals surface area contributed by atoms with Crippen LogP contribution in [0.4, 0.5) is 0 Å². The van der Waals surface area contributed by atoms with Crippen LogP contribution in [0.3, 0.4) is 0 Å². The summed E-state index contributed by atoms with van der Waals surface area (Å²) in [5, 5.41) is 0. The van der Waals surface area contributed by atoms with Gasteiger partial charge in [0, 0.05) is 6.29 Å². The summed E-state index contributed by atoms with van der Waals surface area (Å²) in [4.78, 5) is 21.2. The summed E-state index contributed by atoms with van der Waals surface area (Å²) in [6, 6.07) is 0. The number of nitrogens with zero attached hydrogens (tertiary/aromatic N) is 2. The molecule has 0 aromatic heterocycles. The first-order chi connectivity index (χ1) is 5.89. The Balaban J connectivity index is 3.97. The first-order valence-corrected chi connectivity index (χ1v) is 6.66. The third kappa shape index (κ3) is 7.56. The van der Waals surface area contributed by atoms with Crippen molar-refractivity contribution in [1.82, 2.24) is 9.80 Å². The Kier molecular flexibility index (Phi) is 6.31. The molecular formula is C6H18N2O3P2. The van der Waals surface area contributed by atoms with E-state index in [1.54, 1.807) is 4.90 Å². The fourth-order valence-electron chi connectivity index (χ4n) is 0.904. The van der Waals surface area contributed by atoms with Gasteiger partial charge in [-0.2, -0.15) is 0 Å². The van der Waals surface area contributed by atoms with Crippen LogP contribution >= 0.6 is 16.8 Å². The van der Waals surface area contributed by atoms with Crippen molar-refractivity contribution in [3.63, 3.8) is 0 Å². The van der Waals surface area contributed by atoms with Gasteiger partial charge in [0.1, 0.15) is 6.29 Å². The lowest BCUT2D eigenvalue weighted by atomic mass is 10.6. The van der Waals surface area contributed by atoms with Gasteiger partial charge in [-0.05, 0) is 13.6 Å². The Hall–Kier alpha value is 0.500. The van der Waals surface area contributed by atoms with Gasteiger partial charge in [0.05, 0.1) is 6.67 Å². The lowest BCUT2D eigenvalue weighted by Crippen LogP contribution is -2.35. The van der Waals surface area contributed by atoms with Gasteiger partial charge in [0.25, 0.3) is 0 Å². The molecule has 13 heavy (non-hydrogen) atoms. The van der Waals surface area contributed by atoms with Crippen LogP contribution in [-0.2, 0) is 4.57 Å². The number of hydrogen-bond acceptors (Lipinski definition) is 3. The Morgan fingerprint density at radius 2 is 2.00 bits per heavy atom. The van der Waals surface area contributed by atoms with Gasteiger partial charge in [0.15, 0.2) is 0 Å². The fraction of sp³-hybridized carbons (Fsp3) is 1.00. The smallest absolute Gasteiger partial charge is 0.324 e. The highest BCUT2D eigenvalue weighted by Crippen LogP contribution is 2.34. The van der Waals surface area contributed by atoms with Crippen molar-refractivity contribution in [3.05, 3.63) is 0 Å². The van der Waals surface area contributed by atoms with Gasteiger partial charge in [-0.1, -0.05) is 6.92 Å². The SMILES string of the molecule is CCN(CN(C)CP)CP(=O)(O)O. The van der Waals surface area contributed by atoms with Crippen molar-refractivity contribution >= 4 is 16.8 Å². The zero-order chi connectivity index (χ0) is 10.5. The molecule has 0 aromatic carbocycles. The highest BCUT2D eigenvalue weighted by Gasteiger charge is 2.18. The van der Waals surface area contributed by atoms with Gasteiger partial charge in [-0.25, -0.2) is 0 Å². The van der Waals surface area contributed by atoms with Crippen LogP contribution in [0.5, 0.6) is 0 Å². The Morgan fingerprint density at radius 3 is 2.31 bits per heavy atom. The number of rotatable bonds is 6. The maximum atomic E-state index is 10.7. The highest BCUT2D eigenvalue weighted by molar-refractivity contribution is 7.51. The molecule has 0 spiro atoms. The Morgan fingerprint density at radius 1 is 1.46 bits per heavy atom. The van der Waals surface area contributed by atoms with Crippen molar-refractivity contribution in [2.45, 2.75) is 6.92 Å². The highest BCUT2D eigenvalue weighted by atomic mass is 31.2. The molecule has 0 aromatic rings. The standard InChI is InChI=1S/C6H18N2O3P2/c1-3-8(4-7(2)5-12)6-13(9,10)11/h3-6,12H2,1-2H3,(H2,9,10,11). The van der Waals surface area contributed by atoms with Gasteiger partial charge in [-0.3, -0.25) is 14.4 Å². The largest absolute Gasteiger partial charge is 0.339 e. The summed E-state index contributed by atoms with van der Waals surface area (Å²) in [6.45, 7) is 3.09. The average Bonchev–Trinajstić information content (AvgIpc) is 2.00. The lowest BCUT2D eigenvalue weighted by molar-refractivity contribution is 0.189. The van der Waals surface area contributed by atoms with Gasteiger partial charge >= 0.3 is 7.60 Å². The van der Waals surface area contributed by atoms with Crippen LogP contribution in [0.1, 0.15) is 6.92 Å². The van der Waals surface area contributed by atoms with Crippen molar-refractivity contribution < 1.29 is 14.4 Å². The average molecular weight is 228 g/mol. The van der Waals surface area contributed by atoms with E-state index in [0.29, 0.717) is 13.2 Å². The van der Waals surface area contributed by atoms with E-state index < -0.39 is 7.60 Å². The molecular weight excluding hydrogens is 210 g/mol. The normalized spacial score (nSPS) is 12.8. The second-order valence-electron chi connectivity index (χ2n) is 2.97. The summed E-state index contributed by atoms with van der Waals surface area (Å²) >= 11 is 0. The zero-order valence-electron chi connectivity index (χ0n) is 8.05. The molecule has 80 valence electrons. The third-order valence-electron chi connectivity index (χ3n) is 1.58. The Bertz CT molecular complexity index is 185. The minimum atomic E-state index is -3.91. The van der Waals surface area contributed by atoms with Gasteiger partial charge in [0.2, 0.25) is 0 Å². The topological polar surface area (TPSA) is 64.0 Å². The van der Waals surface area contributed by atoms with Gasteiger partial charge < -0.3 is 9.79 Å². The molecule has 0 fully saturated rings. The van der Waals surface area contributed by atoms with Crippen LogP contribution in [-0.4, -0.2) is 52.4 Å². The molecule has 0 aliphatic carbocycles. The summed E-state index contributed by atoms with van der Waals surface area (Å²) in [5.41, 5.74) is 0. The minimum absolute atomic E-state index is 0.168. The van der Waals surface area contributed by atoms with Crippen molar-refractivity contribution in [2.24, 2.45) is 0 Å². The van der Waals surface area contributed by atoms with Crippen molar-refractivity contribution in [3.8, 4) is 0 Å². The Labute approximate surface area is 81.5 Å². The quantitative estimate of drug-likeness (QED) is 0.501. The van der Waals surface area contributed by atoms with E-state index in [9.17, 15) is 4.57 Å². The molecule has 1 unspecified atom stereocenters. The maximum absolute atomic E-state index is 10.7. The molecule has 0 bridgehead atoms.